The van der Waals surface area contributed by atoms with Gasteiger partial charge in [-0.25, -0.2) is 9.78 Å². The molecule has 0 aliphatic heterocycles. The van der Waals surface area contributed by atoms with Crippen LogP contribution in [0.15, 0.2) is 121 Å². The summed E-state index contributed by atoms with van der Waals surface area (Å²) < 4.78 is 5.10. The van der Waals surface area contributed by atoms with Crippen LogP contribution in [-0.4, -0.2) is 35.0 Å². The molecule has 0 bridgehead atoms. The zero-order valence-corrected chi connectivity index (χ0v) is 21.0. The van der Waals surface area contributed by atoms with Crippen LogP contribution in [0.1, 0.15) is 22.4 Å². The molecule has 1 amide bonds. The predicted molar refractivity (Wildman–Crippen MR) is 146 cm³/mol. The van der Waals surface area contributed by atoms with Gasteiger partial charge in [0.1, 0.15) is 11.5 Å². The smallest absolute Gasteiger partial charge is 0.328 e. The maximum atomic E-state index is 14.5. The van der Waals surface area contributed by atoms with Crippen molar-refractivity contribution in [3.05, 3.63) is 144 Å². The second-order valence-corrected chi connectivity index (χ2v) is 8.95. The third kappa shape index (κ3) is 4.76. The van der Waals surface area contributed by atoms with Gasteiger partial charge >= 0.3 is 5.97 Å². The number of aromatic nitrogens is 2. The number of carbonyl (C=O) groups is 2. The van der Waals surface area contributed by atoms with E-state index < -0.39 is 17.4 Å². The fourth-order valence-corrected chi connectivity index (χ4v) is 4.86. The first-order valence-corrected chi connectivity index (χ1v) is 12.4. The van der Waals surface area contributed by atoms with Crippen molar-refractivity contribution in [2.75, 3.05) is 7.11 Å². The van der Waals surface area contributed by atoms with Crippen molar-refractivity contribution < 1.29 is 14.3 Å². The normalized spacial score (nSPS) is 12.0. The predicted octanol–water partition coefficient (Wildman–Crippen LogP) is 4.86. The van der Waals surface area contributed by atoms with E-state index in [9.17, 15) is 9.59 Å². The number of carbonyl (C=O) groups excluding carboxylic acids is 2. The highest BCUT2D eigenvalue weighted by Crippen LogP contribution is 2.39. The van der Waals surface area contributed by atoms with E-state index in [4.69, 9.17) is 4.74 Å². The molecule has 188 valence electrons. The summed E-state index contributed by atoms with van der Waals surface area (Å²) in [4.78, 5) is 36.6. The van der Waals surface area contributed by atoms with Gasteiger partial charge in [-0.15, -0.1) is 0 Å². The number of esters is 1. The number of benzene rings is 4. The van der Waals surface area contributed by atoms with Gasteiger partial charge in [0.15, 0.2) is 0 Å². The molecule has 5 rings (SSSR count). The Morgan fingerprint density at radius 2 is 1.21 bits per heavy atom. The number of ether oxygens (including phenoxy) is 1. The number of nitrogens with one attached hydrogen (secondary N) is 1. The Morgan fingerprint density at radius 3 is 1.71 bits per heavy atom. The second kappa shape index (κ2) is 11.0. The van der Waals surface area contributed by atoms with Gasteiger partial charge in [0.25, 0.3) is 0 Å². The molecule has 0 aliphatic carbocycles. The van der Waals surface area contributed by atoms with Crippen LogP contribution >= 0.6 is 0 Å². The largest absolute Gasteiger partial charge is 0.467 e. The van der Waals surface area contributed by atoms with Crippen LogP contribution in [0.3, 0.4) is 0 Å². The number of amides is 1. The number of fused-ring (bicyclic) bond motifs is 1. The van der Waals surface area contributed by atoms with Gasteiger partial charge in [-0.2, -0.15) is 0 Å². The minimum absolute atomic E-state index is 0.130. The Morgan fingerprint density at radius 1 is 0.737 bits per heavy atom. The molecule has 0 spiro atoms. The molecule has 0 unspecified atom stereocenters. The van der Waals surface area contributed by atoms with E-state index in [1.54, 1.807) is 6.20 Å². The fraction of sp³-hybridized carbons (Fsp3) is 0.125. The summed E-state index contributed by atoms with van der Waals surface area (Å²) in [7, 11) is 1.31. The molecule has 38 heavy (non-hydrogen) atoms. The SMILES string of the molecule is COC(=O)[C@@H](Cc1cnc2ccccc2n1)NC(=O)C(c1ccccc1)(c1ccccc1)c1ccccc1. The van der Waals surface area contributed by atoms with E-state index in [-0.39, 0.29) is 12.3 Å². The summed E-state index contributed by atoms with van der Waals surface area (Å²) >= 11 is 0. The van der Waals surface area contributed by atoms with Crippen molar-refractivity contribution in [2.24, 2.45) is 0 Å². The van der Waals surface area contributed by atoms with Gasteiger partial charge in [0.2, 0.25) is 5.91 Å². The van der Waals surface area contributed by atoms with E-state index in [1.165, 1.54) is 7.11 Å². The van der Waals surface area contributed by atoms with E-state index in [2.05, 4.69) is 15.3 Å². The van der Waals surface area contributed by atoms with Crippen LogP contribution in [0.25, 0.3) is 11.0 Å². The van der Waals surface area contributed by atoms with Crippen LogP contribution in [0, 0.1) is 0 Å². The maximum Gasteiger partial charge on any atom is 0.328 e. The topological polar surface area (TPSA) is 81.2 Å². The van der Waals surface area contributed by atoms with Gasteiger partial charge in [0, 0.05) is 12.6 Å². The first kappa shape index (κ1) is 24.8. The van der Waals surface area contributed by atoms with Crippen LogP contribution < -0.4 is 5.32 Å². The van der Waals surface area contributed by atoms with Crippen LogP contribution in [0.4, 0.5) is 0 Å². The van der Waals surface area contributed by atoms with Crippen LogP contribution in [0.5, 0.6) is 0 Å². The van der Waals surface area contributed by atoms with Crippen molar-refractivity contribution in [3.63, 3.8) is 0 Å². The molecule has 0 fully saturated rings. The summed E-state index contributed by atoms with van der Waals surface area (Å²) in [5, 5.41) is 3.02. The number of nitrogens with zero attached hydrogens (tertiary/aromatic N) is 2. The molecule has 0 radical (unpaired) electrons. The number of para-hydroxylation sites is 2. The molecule has 0 saturated heterocycles. The summed E-state index contributed by atoms with van der Waals surface area (Å²) in [5.74, 6) is -0.901. The summed E-state index contributed by atoms with van der Waals surface area (Å²) in [6, 6.07) is 35.3. The third-order valence-corrected chi connectivity index (χ3v) is 6.66. The highest BCUT2D eigenvalue weighted by molar-refractivity contribution is 5.98. The molecule has 6 nitrogen and oxygen atoms in total. The molecule has 5 aromatic rings. The van der Waals surface area contributed by atoms with Gasteiger partial charge in [-0.05, 0) is 28.8 Å². The van der Waals surface area contributed by atoms with E-state index >= 15 is 0 Å². The van der Waals surface area contributed by atoms with Gasteiger partial charge in [-0.3, -0.25) is 9.78 Å². The standard InChI is InChI=1S/C32H27N3O3/c1-38-30(36)29(21-26-22-33-27-19-11-12-20-28(27)34-26)35-31(37)32(23-13-5-2-6-14-23,24-15-7-3-8-16-24)25-17-9-4-10-18-25/h2-20,22,29H,21H2,1H3,(H,35,37)/t29-/m1/s1. The molecule has 1 aromatic heterocycles. The van der Waals surface area contributed by atoms with Gasteiger partial charge in [-0.1, -0.05) is 103 Å². The van der Waals surface area contributed by atoms with Crippen LogP contribution in [-0.2, 0) is 26.2 Å². The Bertz CT molecular complexity index is 1440. The average Bonchev–Trinajstić information content (AvgIpc) is 2.98. The molecule has 4 aromatic carbocycles. The first-order chi connectivity index (χ1) is 18.6. The lowest BCUT2D eigenvalue weighted by Gasteiger charge is -2.35. The van der Waals surface area contributed by atoms with Crippen molar-refractivity contribution in [1.29, 1.82) is 0 Å². The highest BCUT2D eigenvalue weighted by Gasteiger charge is 2.45. The minimum atomic E-state index is -1.22. The van der Waals surface area contributed by atoms with E-state index in [0.29, 0.717) is 11.2 Å². The highest BCUT2D eigenvalue weighted by atomic mass is 16.5. The van der Waals surface area contributed by atoms with E-state index in [1.807, 2.05) is 115 Å². The van der Waals surface area contributed by atoms with Crippen molar-refractivity contribution >= 4 is 22.9 Å². The average molecular weight is 502 g/mol. The number of rotatable bonds is 8. The fourth-order valence-electron chi connectivity index (χ4n) is 4.86. The molecule has 1 atom stereocenters. The Balaban J connectivity index is 1.60. The van der Waals surface area contributed by atoms with Gasteiger partial charge < -0.3 is 10.1 Å². The molecular formula is C32H27N3O3. The second-order valence-electron chi connectivity index (χ2n) is 8.95. The van der Waals surface area contributed by atoms with Crippen molar-refractivity contribution in [1.82, 2.24) is 15.3 Å². The zero-order valence-electron chi connectivity index (χ0n) is 21.0. The molecule has 1 heterocycles. The molecule has 0 aliphatic rings. The number of methoxy groups -OCH3 is 1. The molecule has 6 heteroatoms. The first-order valence-electron chi connectivity index (χ1n) is 12.4. The lowest BCUT2D eigenvalue weighted by atomic mass is 9.68. The quantitative estimate of drug-likeness (QED) is 0.243. The Labute approximate surface area is 221 Å². The Hall–Kier alpha value is -4.84. The monoisotopic (exact) mass is 501 g/mol. The Kier molecular flexibility index (Phi) is 7.22. The van der Waals surface area contributed by atoms with Crippen molar-refractivity contribution in [2.45, 2.75) is 17.9 Å². The van der Waals surface area contributed by atoms with Gasteiger partial charge in [0.05, 0.1) is 23.8 Å². The molecule has 0 saturated carbocycles. The third-order valence-electron chi connectivity index (χ3n) is 6.66. The lowest BCUT2D eigenvalue weighted by molar-refractivity contribution is -0.145. The van der Waals surface area contributed by atoms with E-state index in [0.717, 1.165) is 22.2 Å². The lowest BCUT2D eigenvalue weighted by Crippen LogP contribution is -2.53. The zero-order chi connectivity index (χ0) is 26.4. The molecule has 1 N–H and O–H groups in total. The van der Waals surface area contributed by atoms with Crippen molar-refractivity contribution in [3.8, 4) is 0 Å². The summed E-state index contributed by atoms with van der Waals surface area (Å²) in [5.41, 5.74) is 3.17. The number of hydrogen-bond donors (Lipinski definition) is 1. The maximum absolute atomic E-state index is 14.5. The van der Waals surface area contributed by atoms with Crippen LogP contribution in [0.2, 0.25) is 0 Å². The number of hydrogen-bond acceptors (Lipinski definition) is 5. The minimum Gasteiger partial charge on any atom is -0.467 e. The molecular weight excluding hydrogens is 474 g/mol. The summed E-state index contributed by atoms with van der Waals surface area (Å²) in [6.45, 7) is 0. The summed E-state index contributed by atoms with van der Waals surface area (Å²) in [6.07, 6.45) is 1.76.